The van der Waals surface area contributed by atoms with Crippen molar-refractivity contribution in [3.8, 4) is 0 Å². The molecule has 4 nitrogen and oxygen atoms in total. The average Bonchev–Trinajstić information content (AvgIpc) is 3.18. The van der Waals surface area contributed by atoms with Gasteiger partial charge in [-0.15, -0.1) is 0 Å². The van der Waals surface area contributed by atoms with Crippen LogP contribution in [0.5, 0.6) is 0 Å². The highest BCUT2D eigenvalue weighted by Gasteiger charge is 2.27. The van der Waals surface area contributed by atoms with E-state index in [4.69, 9.17) is 0 Å². The minimum Gasteiger partial charge on any atom is -0.330 e. The van der Waals surface area contributed by atoms with Gasteiger partial charge in [0.25, 0.3) is 0 Å². The third-order valence-electron chi connectivity index (χ3n) is 4.43. The molecule has 0 spiro atoms. The van der Waals surface area contributed by atoms with Crippen LogP contribution in [-0.4, -0.2) is 40.1 Å². The number of likely N-dealkylation sites (tertiary alicyclic amines) is 1. The first-order valence-corrected chi connectivity index (χ1v) is 7.84. The molecule has 0 amide bonds. The molecule has 0 bridgehead atoms. The minimum atomic E-state index is 0.705. The van der Waals surface area contributed by atoms with Crippen molar-refractivity contribution in [2.24, 2.45) is 0 Å². The summed E-state index contributed by atoms with van der Waals surface area (Å²) in [5, 5.41) is 3.51. The first kappa shape index (κ1) is 13.1. The maximum absolute atomic E-state index is 4.36. The molecule has 3 rings (SSSR count). The number of likely N-dealkylation sites (N-methyl/N-ethyl adjacent to an activating group) is 1. The summed E-state index contributed by atoms with van der Waals surface area (Å²) in [6.45, 7) is 6.71. The van der Waals surface area contributed by atoms with Crippen LogP contribution in [0.1, 0.15) is 50.8 Å². The summed E-state index contributed by atoms with van der Waals surface area (Å²) in [6.07, 6.45) is 10.8. The summed E-state index contributed by atoms with van der Waals surface area (Å²) >= 11 is 0. The largest absolute Gasteiger partial charge is 0.330 e. The molecule has 1 N–H and O–H groups in total. The van der Waals surface area contributed by atoms with Crippen molar-refractivity contribution in [3.63, 3.8) is 0 Å². The smallest absolute Gasteiger partial charge is 0.0951 e. The molecule has 4 heteroatoms. The molecule has 1 unspecified atom stereocenters. The van der Waals surface area contributed by atoms with Gasteiger partial charge in [0.15, 0.2) is 0 Å². The highest BCUT2D eigenvalue weighted by atomic mass is 15.2. The van der Waals surface area contributed by atoms with Crippen LogP contribution in [0.15, 0.2) is 12.5 Å². The number of imidazole rings is 1. The van der Waals surface area contributed by atoms with Gasteiger partial charge in [0.1, 0.15) is 0 Å². The monoisotopic (exact) mass is 262 g/mol. The summed E-state index contributed by atoms with van der Waals surface area (Å²) in [6, 6.07) is 1.45. The quantitative estimate of drug-likeness (QED) is 0.853. The zero-order valence-electron chi connectivity index (χ0n) is 12.0. The molecular weight excluding hydrogens is 236 g/mol. The number of nitrogens with one attached hydrogen (secondary N) is 1. The molecule has 1 aliphatic carbocycles. The van der Waals surface area contributed by atoms with Gasteiger partial charge < -0.3 is 9.88 Å². The predicted molar refractivity (Wildman–Crippen MR) is 77.1 cm³/mol. The summed E-state index contributed by atoms with van der Waals surface area (Å²) in [5.74, 6) is 0. The lowest BCUT2D eigenvalue weighted by molar-refractivity contribution is 0.135. The first-order chi connectivity index (χ1) is 9.38. The third-order valence-corrected chi connectivity index (χ3v) is 4.43. The van der Waals surface area contributed by atoms with Crippen molar-refractivity contribution in [2.75, 3.05) is 19.6 Å². The van der Waals surface area contributed by atoms with Gasteiger partial charge >= 0.3 is 0 Å². The summed E-state index contributed by atoms with van der Waals surface area (Å²) in [5.41, 5.74) is 1.41. The Morgan fingerprint density at radius 3 is 3.00 bits per heavy atom. The lowest BCUT2D eigenvalue weighted by Gasteiger charge is -2.36. The molecule has 2 aliphatic rings. The predicted octanol–water partition coefficient (Wildman–Crippen LogP) is 2.18. The van der Waals surface area contributed by atoms with Crippen LogP contribution in [0.2, 0.25) is 0 Å². The van der Waals surface area contributed by atoms with E-state index in [2.05, 4.69) is 32.9 Å². The molecule has 1 aromatic rings. The number of hydrogen-bond donors (Lipinski definition) is 1. The van der Waals surface area contributed by atoms with E-state index in [1.54, 1.807) is 0 Å². The summed E-state index contributed by atoms with van der Waals surface area (Å²) in [7, 11) is 0. The standard InChI is InChI=1S/C15H26N4/c1-2-16-9-14-5-3-4-8-18(14)11-15-10-17-12-19(15)13-6-7-13/h10,12-14,16H,2-9,11H2,1H3. The Bertz CT molecular complexity index is 397. The second kappa shape index (κ2) is 6.06. The molecule has 1 aromatic heterocycles. The SMILES string of the molecule is CCNCC1CCCCN1Cc1cncn1C1CC1. The minimum absolute atomic E-state index is 0.705. The van der Waals surface area contributed by atoms with Crippen LogP contribution in [0.25, 0.3) is 0 Å². The zero-order valence-corrected chi connectivity index (χ0v) is 12.0. The lowest BCUT2D eigenvalue weighted by atomic mass is 10.0. The van der Waals surface area contributed by atoms with E-state index in [0.717, 1.165) is 25.7 Å². The van der Waals surface area contributed by atoms with Crippen molar-refractivity contribution in [1.82, 2.24) is 19.8 Å². The van der Waals surface area contributed by atoms with Crippen LogP contribution >= 0.6 is 0 Å². The number of hydrogen-bond acceptors (Lipinski definition) is 3. The Morgan fingerprint density at radius 1 is 1.32 bits per heavy atom. The zero-order chi connectivity index (χ0) is 13.1. The van der Waals surface area contributed by atoms with Gasteiger partial charge in [0, 0.05) is 31.4 Å². The van der Waals surface area contributed by atoms with E-state index < -0.39 is 0 Å². The summed E-state index contributed by atoms with van der Waals surface area (Å²) < 4.78 is 2.40. The molecular formula is C15H26N4. The highest BCUT2D eigenvalue weighted by Crippen LogP contribution is 2.36. The number of aromatic nitrogens is 2. The van der Waals surface area contributed by atoms with Gasteiger partial charge in [-0.1, -0.05) is 13.3 Å². The van der Waals surface area contributed by atoms with Crippen molar-refractivity contribution < 1.29 is 0 Å². The van der Waals surface area contributed by atoms with Gasteiger partial charge in [0.05, 0.1) is 12.0 Å². The molecule has 2 heterocycles. The highest BCUT2D eigenvalue weighted by molar-refractivity contribution is 5.04. The number of piperidine rings is 1. The maximum atomic E-state index is 4.36. The van der Waals surface area contributed by atoms with Crippen LogP contribution in [0.4, 0.5) is 0 Å². The van der Waals surface area contributed by atoms with E-state index in [1.165, 1.54) is 44.3 Å². The van der Waals surface area contributed by atoms with Crippen LogP contribution < -0.4 is 5.32 Å². The van der Waals surface area contributed by atoms with Crippen LogP contribution in [0.3, 0.4) is 0 Å². The maximum Gasteiger partial charge on any atom is 0.0951 e. The molecule has 1 aliphatic heterocycles. The van der Waals surface area contributed by atoms with Crippen LogP contribution in [0, 0.1) is 0 Å². The molecule has 1 saturated carbocycles. The molecule has 106 valence electrons. The Kier molecular flexibility index (Phi) is 4.18. The van der Waals surface area contributed by atoms with Crippen LogP contribution in [-0.2, 0) is 6.54 Å². The Morgan fingerprint density at radius 2 is 2.21 bits per heavy atom. The molecule has 0 radical (unpaired) electrons. The molecule has 0 aromatic carbocycles. The van der Waals surface area contributed by atoms with E-state index in [1.807, 2.05) is 6.33 Å². The van der Waals surface area contributed by atoms with Gasteiger partial charge in [-0.2, -0.15) is 0 Å². The summed E-state index contributed by atoms with van der Waals surface area (Å²) in [4.78, 5) is 7.01. The Hall–Kier alpha value is -0.870. The Balaban J connectivity index is 1.63. The second-order valence-electron chi connectivity index (χ2n) is 5.95. The third kappa shape index (κ3) is 3.18. The lowest BCUT2D eigenvalue weighted by Crippen LogP contribution is -2.45. The first-order valence-electron chi connectivity index (χ1n) is 7.84. The number of nitrogens with zero attached hydrogens (tertiary/aromatic N) is 3. The van der Waals surface area contributed by atoms with Crippen molar-refractivity contribution in [1.29, 1.82) is 0 Å². The van der Waals surface area contributed by atoms with Crippen molar-refractivity contribution in [3.05, 3.63) is 18.2 Å². The molecule has 1 saturated heterocycles. The molecule has 2 fully saturated rings. The fraction of sp³-hybridized carbons (Fsp3) is 0.800. The normalized spacial score (nSPS) is 24.8. The van der Waals surface area contributed by atoms with Crippen molar-refractivity contribution in [2.45, 2.75) is 57.7 Å². The number of rotatable bonds is 6. The van der Waals surface area contributed by atoms with Gasteiger partial charge in [-0.3, -0.25) is 4.90 Å². The van der Waals surface area contributed by atoms with E-state index in [-0.39, 0.29) is 0 Å². The van der Waals surface area contributed by atoms with E-state index >= 15 is 0 Å². The van der Waals surface area contributed by atoms with Gasteiger partial charge in [-0.05, 0) is 38.8 Å². The topological polar surface area (TPSA) is 33.1 Å². The fourth-order valence-electron chi connectivity index (χ4n) is 3.15. The average molecular weight is 262 g/mol. The second-order valence-corrected chi connectivity index (χ2v) is 5.95. The van der Waals surface area contributed by atoms with Gasteiger partial charge in [0.2, 0.25) is 0 Å². The van der Waals surface area contributed by atoms with Gasteiger partial charge in [-0.25, -0.2) is 4.98 Å². The van der Waals surface area contributed by atoms with Crippen molar-refractivity contribution >= 4 is 0 Å². The molecule has 1 atom stereocenters. The van der Waals surface area contributed by atoms with E-state index in [0.29, 0.717) is 6.04 Å². The Labute approximate surface area is 116 Å². The molecule has 19 heavy (non-hydrogen) atoms. The fourth-order valence-corrected chi connectivity index (χ4v) is 3.15. The van der Waals surface area contributed by atoms with E-state index in [9.17, 15) is 0 Å².